The summed E-state index contributed by atoms with van der Waals surface area (Å²) in [6.07, 6.45) is 4.99. The smallest absolute Gasteiger partial charge is 0.200 e. The Morgan fingerprint density at radius 3 is 1.87 bits per heavy atom. The maximum atomic E-state index is 7.48. The third-order valence-electron chi connectivity index (χ3n) is 7.63. The van der Waals surface area contributed by atoms with Crippen LogP contribution in [-0.4, -0.2) is 28.3 Å². The summed E-state index contributed by atoms with van der Waals surface area (Å²) in [7, 11) is -3.51. The lowest BCUT2D eigenvalue weighted by atomic mass is 9.77. The van der Waals surface area contributed by atoms with E-state index >= 15 is 0 Å². The van der Waals surface area contributed by atoms with Crippen LogP contribution in [0.1, 0.15) is 94.9 Å². The van der Waals surface area contributed by atoms with Crippen LogP contribution < -0.4 is 0 Å². The van der Waals surface area contributed by atoms with Crippen LogP contribution in [0, 0.1) is 11.3 Å². The molecule has 1 rings (SSSR count). The Hall–Kier alpha value is 0.0938. The number of hydrogen-bond acceptors (Lipinski definition) is 2. The largest absolute Gasteiger partial charge is 0.413 e. The van der Waals surface area contributed by atoms with E-state index < -0.39 is 16.6 Å². The standard InChI is InChI=1S/C26H54O2Si2/c1-19(2)23-15-16-26(11,18-17-25(9,10)28-29(12,13)14)24(23)27-30(20(3)4,21(5)6)22(7)8/h20-24H,1,15-18H2,2-14H3/t23-,24-,26-/m1/s1. The number of rotatable bonds is 11. The second kappa shape index (κ2) is 9.93. The molecule has 0 amide bonds. The topological polar surface area (TPSA) is 18.5 Å². The van der Waals surface area contributed by atoms with Crippen LogP contribution in [0.5, 0.6) is 0 Å². The zero-order chi connectivity index (χ0) is 23.7. The van der Waals surface area contributed by atoms with Crippen LogP contribution in [0.4, 0.5) is 0 Å². The van der Waals surface area contributed by atoms with Gasteiger partial charge in [0.15, 0.2) is 8.32 Å². The van der Waals surface area contributed by atoms with Gasteiger partial charge in [0.05, 0.1) is 11.7 Å². The predicted molar refractivity (Wildman–Crippen MR) is 139 cm³/mol. The van der Waals surface area contributed by atoms with E-state index in [0.717, 1.165) is 12.8 Å². The molecule has 1 aliphatic rings. The van der Waals surface area contributed by atoms with Gasteiger partial charge >= 0.3 is 0 Å². The lowest BCUT2D eigenvalue weighted by Gasteiger charge is -2.49. The highest BCUT2D eigenvalue weighted by molar-refractivity contribution is 6.77. The van der Waals surface area contributed by atoms with E-state index in [0.29, 0.717) is 22.5 Å². The molecule has 0 aromatic heterocycles. The summed E-state index contributed by atoms with van der Waals surface area (Å²) in [5.74, 6) is 0.485. The van der Waals surface area contributed by atoms with Crippen molar-refractivity contribution in [2.45, 2.75) is 143 Å². The minimum absolute atomic E-state index is 0.0675. The van der Waals surface area contributed by atoms with Gasteiger partial charge in [-0.3, -0.25) is 0 Å². The first kappa shape index (κ1) is 28.1. The lowest BCUT2D eigenvalue weighted by molar-refractivity contribution is 0.0189. The van der Waals surface area contributed by atoms with Gasteiger partial charge in [0, 0.05) is 5.92 Å². The molecule has 2 nitrogen and oxygen atoms in total. The van der Waals surface area contributed by atoms with Gasteiger partial charge in [-0.25, -0.2) is 0 Å². The highest BCUT2D eigenvalue weighted by Crippen LogP contribution is 2.54. The van der Waals surface area contributed by atoms with Gasteiger partial charge in [-0.1, -0.05) is 60.6 Å². The fourth-order valence-electron chi connectivity index (χ4n) is 6.36. The summed E-state index contributed by atoms with van der Waals surface area (Å²) < 4.78 is 14.0. The molecule has 1 aliphatic carbocycles. The van der Waals surface area contributed by atoms with Crippen molar-refractivity contribution < 1.29 is 8.85 Å². The summed E-state index contributed by atoms with van der Waals surface area (Å²) >= 11 is 0. The zero-order valence-corrected chi connectivity index (χ0v) is 24.7. The van der Waals surface area contributed by atoms with Gasteiger partial charge in [-0.15, -0.1) is 0 Å². The minimum atomic E-state index is -1.95. The number of hydrogen-bond donors (Lipinski definition) is 0. The van der Waals surface area contributed by atoms with Crippen LogP contribution >= 0.6 is 0 Å². The maximum Gasteiger partial charge on any atom is 0.200 e. The van der Waals surface area contributed by atoms with Crippen molar-refractivity contribution in [3.63, 3.8) is 0 Å². The van der Waals surface area contributed by atoms with E-state index in [1.54, 1.807) is 0 Å². The lowest BCUT2D eigenvalue weighted by Crippen LogP contribution is -2.53. The van der Waals surface area contributed by atoms with Gasteiger partial charge < -0.3 is 8.85 Å². The first-order valence-electron chi connectivity index (χ1n) is 12.4. The van der Waals surface area contributed by atoms with Crippen LogP contribution in [0.25, 0.3) is 0 Å². The normalized spacial score (nSPS) is 26.3. The van der Waals surface area contributed by atoms with E-state index in [1.807, 2.05) is 0 Å². The predicted octanol–water partition coefficient (Wildman–Crippen LogP) is 8.95. The second-order valence-electron chi connectivity index (χ2n) is 13.0. The highest BCUT2D eigenvalue weighted by Gasteiger charge is 2.54. The summed E-state index contributed by atoms with van der Waals surface area (Å²) in [5, 5.41) is 0. The molecule has 0 aliphatic heterocycles. The molecule has 1 fully saturated rings. The Balaban J connectivity index is 3.23. The molecule has 0 aromatic carbocycles. The quantitative estimate of drug-likeness (QED) is 0.229. The summed E-state index contributed by atoms with van der Waals surface area (Å²) in [4.78, 5) is 0. The molecule has 0 unspecified atom stereocenters. The van der Waals surface area contributed by atoms with Crippen molar-refractivity contribution in [3.05, 3.63) is 12.2 Å². The minimum Gasteiger partial charge on any atom is -0.413 e. The molecule has 0 N–H and O–H groups in total. The summed E-state index contributed by atoms with van der Waals surface area (Å²) in [6.45, 7) is 35.0. The van der Waals surface area contributed by atoms with Crippen molar-refractivity contribution in [2.75, 3.05) is 0 Å². The molecular weight excluding hydrogens is 400 g/mol. The Morgan fingerprint density at radius 2 is 1.50 bits per heavy atom. The summed E-state index contributed by atoms with van der Waals surface area (Å²) in [5.41, 5.74) is 3.27. The second-order valence-corrected chi connectivity index (χ2v) is 22.8. The average Bonchev–Trinajstić information content (AvgIpc) is 2.84. The molecule has 0 saturated heterocycles. The van der Waals surface area contributed by atoms with Gasteiger partial charge in [-0.05, 0) is 88.1 Å². The fraction of sp³-hybridized carbons (Fsp3) is 0.923. The molecule has 30 heavy (non-hydrogen) atoms. The molecule has 0 heterocycles. The zero-order valence-electron chi connectivity index (χ0n) is 22.7. The third kappa shape index (κ3) is 6.55. The van der Waals surface area contributed by atoms with E-state index in [4.69, 9.17) is 8.85 Å². The molecule has 3 atom stereocenters. The molecule has 0 aromatic rings. The Labute approximate surface area is 191 Å². The van der Waals surface area contributed by atoms with Crippen molar-refractivity contribution >= 4 is 16.6 Å². The van der Waals surface area contributed by atoms with Gasteiger partial charge in [-0.2, -0.15) is 0 Å². The van der Waals surface area contributed by atoms with Crippen molar-refractivity contribution in [2.24, 2.45) is 11.3 Å². The highest BCUT2D eigenvalue weighted by atomic mass is 28.4. The van der Waals surface area contributed by atoms with Crippen LogP contribution in [0.15, 0.2) is 12.2 Å². The Kier molecular flexibility index (Phi) is 9.31. The van der Waals surface area contributed by atoms with E-state index in [2.05, 4.69) is 95.5 Å². The van der Waals surface area contributed by atoms with Gasteiger partial charge in [0.25, 0.3) is 0 Å². The van der Waals surface area contributed by atoms with E-state index in [9.17, 15) is 0 Å². The van der Waals surface area contributed by atoms with E-state index in [-0.39, 0.29) is 17.1 Å². The van der Waals surface area contributed by atoms with Gasteiger partial charge in [0.2, 0.25) is 8.32 Å². The molecule has 178 valence electrons. The fourth-order valence-corrected chi connectivity index (χ4v) is 13.8. The molecular formula is C26H54O2Si2. The SMILES string of the molecule is C=C(C)[C@H]1CC[C@](C)(CCC(C)(C)O[Si](C)(C)C)[C@@H]1O[Si](C(C)C)(C(C)C)C(C)C. The van der Waals surface area contributed by atoms with Crippen LogP contribution in [0.2, 0.25) is 36.3 Å². The third-order valence-corrected chi connectivity index (χ3v) is 14.9. The molecule has 0 bridgehead atoms. The monoisotopic (exact) mass is 454 g/mol. The Morgan fingerprint density at radius 1 is 1.03 bits per heavy atom. The molecule has 0 radical (unpaired) electrons. The van der Waals surface area contributed by atoms with Crippen LogP contribution in [0.3, 0.4) is 0 Å². The Bertz CT molecular complexity index is 552. The average molecular weight is 455 g/mol. The van der Waals surface area contributed by atoms with E-state index in [1.165, 1.54) is 18.4 Å². The molecule has 4 heteroatoms. The molecule has 1 saturated carbocycles. The first-order chi connectivity index (χ1) is 13.4. The van der Waals surface area contributed by atoms with Crippen molar-refractivity contribution in [1.82, 2.24) is 0 Å². The van der Waals surface area contributed by atoms with Crippen molar-refractivity contribution in [3.8, 4) is 0 Å². The van der Waals surface area contributed by atoms with Crippen molar-refractivity contribution in [1.29, 1.82) is 0 Å². The first-order valence-corrected chi connectivity index (χ1v) is 18.0. The maximum absolute atomic E-state index is 7.48. The molecule has 0 spiro atoms. The van der Waals surface area contributed by atoms with Crippen LogP contribution in [-0.2, 0) is 8.85 Å². The summed E-state index contributed by atoms with van der Waals surface area (Å²) in [6, 6.07) is 0. The van der Waals surface area contributed by atoms with Gasteiger partial charge in [0.1, 0.15) is 0 Å².